The number of nitrogens with two attached hydrogens (primary N) is 1. The topological polar surface area (TPSA) is 89.3 Å². The van der Waals surface area contributed by atoms with Crippen molar-refractivity contribution in [2.45, 2.75) is 20.3 Å². The van der Waals surface area contributed by atoms with E-state index < -0.39 is 5.92 Å². The van der Waals surface area contributed by atoms with Crippen LogP contribution in [0.15, 0.2) is 71.7 Å². The first kappa shape index (κ1) is 21.8. The second-order valence-electron chi connectivity index (χ2n) is 7.05. The summed E-state index contributed by atoms with van der Waals surface area (Å²) in [6, 6.07) is 7.69. The smallest absolute Gasteiger partial charge is 0.249 e. The SMILES string of the molecule is C/C=C\C1=C(/C=C(\CC)C(CN)C(=O)Nc2ccc3cnccc3c2)OCCN[B]1. The molecule has 1 atom stereocenters. The van der Waals surface area contributed by atoms with Crippen LogP contribution < -0.4 is 16.3 Å². The van der Waals surface area contributed by atoms with E-state index in [1.807, 2.05) is 63.8 Å². The molecule has 2 aromatic rings. The lowest BCUT2D eigenvalue weighted by Crippen LogP contribution is -2.31. The number of hydrogen-bond donors (Lipinski definition) is 3. The van der Waals surface area contributed by atoms with Gasteiger partial charge >= 0.3 is 0 Å². The molecule has 3 rings (SSSR count). The molecule has 30 heavy (non-hydrogen) atoms. The van der Waals surface area contributed by atoms with Gasteiger partial charge < -0.3 is 21.0 Å². The van der Waals surface area contributed by atoms with Crippen molar-refractivity contribution in [3.63, 3.8) is 0 Å². The summed E-state index contributed by atoms with van der Waals surface area (Å²) >= 11 is 0. The fraction of sp³-hybridized carbons (Fsp3) is 0.304. The minimum Gasteiger partial charge on any atom is -0.493 e. The molecule has 0 fully saturated rings. The molecule has 0 saturated heterocycles. The third kappa shape index (κ3) is 5.37. The van der Waals surface area contributed by atoms with Gasteiger partial charge in [-0.15, -0.1) is 0 Å². The van der Waals surface area contributed by atoms with Gasteiger partial charge in [-0.05, 0) is 48.5 Å². The maximum Gasteiger partial charge on any atom is 0.249 e. The Bertz CT molecular complexity index is 984. The summed E-state index contributed by atoms with van der Waals surface area (Å²) in [5, 5.41) is 8.28. The Labute approximate surface area is 178 Å². The lowest BCUT2D eigenvalue weighted by molar-refractivity contribution is -0.118. The molecule has 1 radical (unpaired) electrons. The number of allylic oxidation sites excluding steroid dienone is 4. The van der Waals surface area contributed by atoms with Crippen LogP contribution in [0, 0.1) is 5.92 Å². The highest BCUT2D eigenvalue weighted by Gasteiger charge is 2.22. The predicted molar refractivity (Wildman–Crippen MR) is 123 cm³/mol. The zero-order chi connectivity index (χ0) is 21.3. The van der Waals surface area contributed by atoms with Crippen molar-refractivity contribution in [1.29, 1.82) is 0 Å². The summed E-state index contributed by atoms with van der Waals surface area (Å²) in [6.07, 6.45) is 10.1. The number of nitrogens with zero attached hydrogens (tertiary/aromatic N) is 1. The van der Waals surface area contributed by atoms with E-state index in [0.717, 1.165) is 39.8 Å². The van der Waals surface area contributed by atoms with Crippen molar-refractivity contribution in [1.82, 2.24) is 10.2 Å². The highest BCUT2D eigenvalue weighted by molar-refractivity contribution is 6.44. The molecule has 4 N–H and O–H groups in total. The van der Waals surface area contributed by atoms with Crippen LogP contribution in [0.25, 0.3) is 10.8 Å². The van der Waals surface area contributed by atoms with Crippen molar-refractivity contribution in [2.24, 2.45) is 11.7 Å². The summed E-state index contributed by atoms with van der Waals surface area (Å²) in [5.41, 5.74) is 8.65. The number of anilines is 1. The Balaban J connectivity index is 1.85. The highest BCUT2D eigenvalue weighted by Crippen LogP contribution is 2.23. The number of aromatic nitrogens is 1. The largest absolute Gasteiger partial charge is 0.493 e. The molecule has 6 nitrogen and oxygen atoms in total. The number of rotatable bonds is 7. The van der Waals surface area contributed by atoms with Crippen LogP contribution in [0.5, 0.6) is 0 Å². The first-order chi connectivity index (χ1) is 14.7. The molecular formula is C23H28BN4O2. The van der Waals surface area contributed by atoms with Crippen LogP contribution >= 0.6 is 0 Å². The molecule has 1 aromatic heterocycles. The van der Waals surface area contributed by atoms with E-state index in [9.17, 15) is 4.79 Å². The average molecular weight is 403 g/mol. The van der Waals surface area contributed by atoms with Gasteiger partial charge in [0.15, 0.2) is 0 Å². The molecule has 155 valence electrons. The zero-order valence-electron chi connectivity index (χ0n) is 17.5. The highest BCUT2D eigenvalue weighted by atomic mass is 16.5. The van der Waals surface area contributed by atoms with Gasteiger partial charge in [0, 0.05) is 36.6 Å². The van der Waals surface area contributed by atoms with Gasteiger partial charge in [0.05, 0.1) is 12.5 Å². The molecule has 0 spiro atoms. The number of fused-ring (bicyclic) bond motifs is 1. The number of nitrogens with one attached hydrogen (secondary N) is 2. The fourth-order valence-electron chi connectivity index (χ4n) is 3.43. The van der Waals surface area contributed by atoms with Crippen molar-refractivity contribution < 1.29 is 9.53 Å². The van der Waals surface area contributed by atoms with Gasteiger partial charge in [-0.25, -0.2) is 0 Å². The standard InChI is InChI=1S/C23H28BN4O2/c1-3-5-21-22(30-11-10-27-24-21)13-16(4-2)20(14-25)23(29)28-19-7-6-18-15-26-9-8-17(18)12-19/h3,5-9,12-13,15,20,27H,4,10-11,14,25H2,1-2H3,(H,28,29)/b5-3-,16-13+. The van der Waals surface area contributed by atoms with E-state index in [4.69, 9.17) is 10.5 Å². The van der Waals surface area contributed by atoms with Gasteiger partial charge in [0.25, 0.3) is 0 Å². The minimum absolute atomic E-state index is 0.122. The van der Waals surface area contributed by atoms with Crippen molar-refractivity contribution in [2.75, 3.05) is 25.0 Å². The number of carbonyl (C=O) groups is 1. The summed E-state index contributed by atoms with van der Waals surface area (Å²) in [6.45, 7) is 5.50. The zero-order valence-corrected chi connectivity index (χ0v) is 17.5. The van der Waals surface area contributed by atoms with Crippen molar-refractivity contribution in [3.05, 3.63) is 71.7 Å². The van der Waals surface area contributed by atoms with Crippen LogP contribution in [0.2, 0.25) is 0 Å². The fourth-order valence-corrected chi connectivity index (χ4v) is 3.43. The quantitative estimate of drug-likeness (QED) is 0.619. The van der Waals surface area contributed by atoms with Crippen molar-refractivity contribution in [3.8, 4) is 0 Å². The molecule has 1 aliphatic heterocycles. The maximum absolute atomic E-state index is 13.1. The number of hydrogen-bond acceptors (Lipinski definition) is 5. The van der Waals surface area contributed by atoms with Crippen LogP contribution in [-0.4, -0.2) is 38.0 Å². The Morgan fingerprint density at radius 2 is 2.27 bits per heavy atom. The average Bonchev–Trinajstić information content (AvgIpc) is 2.98. The molecular weight excluding hydrogens is 375 g/mol. The summed E-state index contributed by atoms with van der Waals surface area (Å²) in [4.78, 5) is 17.2. The molecule has 1 amide bonds. The summed E-state index contributed by atoms with van der Waals surface area (Å²) in [7, 11) is 1.94. The van der Waals surface area contributed by atoms with Gasteiger partial charge in [-0.3, -0.25) is 9.78 Å². The lowest BCUT2D eigenvalue weighted by atomic mass is 9.80. The molecule has 1 unspecified atom stereocenters. The van der Waals surface area contributed by atoms with Gasteiger partial charge in [-0.1, -0.05) is 30.7 Å². The Kier molecular flexibility index (Phi) is 7.82. The first-order valence-electron chi connectivity index (χ1n) is 10.3. The molecule has 2 heterocycles. The Morgan fingerprint density at radius 1 is 1.40 bits per heavy atom. The number of carbonyl (C=O) groups excluding carboxylic acids is 1. The molecule has 1 aliphatic rings. The number of benzene rings is 1. The van der Waals surface area contributed by atoms with Crippen LogP contribution in [0.3, 0.4) is 0 Å². The van der Waals surface area contributed by atoms with Crippen LogP contribution in [0.4, 0.5) is 5.69 Å². The number of ether oxygens (including phenoxy) is 1. The molecule has 1 aromatic carbocycles. The second-order valence-corrected chi connectivity index (χ2v) is 7.05. The third-order valence-electron chi connectivity index (χ3n) is 5.02. The summed E-state index contributed by atoms with van der Waals surface area (Å²) < 4.78 is 5.92. The Hall–Kier alpha value is -2.90. The minimum atomic E-state index is -0.442. The van der Waals surface area contributed by atoms with E-state index >= 15 is 0 Å². The first-order valence-corrected chi connectivity index (χ1v) is 10.3. The normalized spacial score (nSPS) is 16.2. The Morgan fingerprint density at radius 3 is 3.03 bits per heavy atom. The third-order valence-corrected chi connectivity index (χ3v) is 5.02. The van der Waals surface area contributed by atoms with Gasteiger partial charge in [0.2, 0.25) is 13.3 Å². The molecule has 0 saturated carbocycles. The predicted octanol–water partition coefficient (Wildman–Crippen LogP) is 3.11. The number of pyridine rings is 1. The molecule has 0 aliphatic carbocycles. The van der Waals surface area contributed by atoms with Gasteiger partial charge in [-0.2, -0.15) is 0 Å². The van der Waals surface area contributed by atoms with E-state index in [2.05, 4.69) is 15.5 Å². The lowest BCUT2D eigenvalue weighted by Gasteiger charge is -2.19. The van der Waals surface area contributed by atoms with E-state index in [0.29, 0.717) is 13.0 Å². The summed E-state index contributed by atoms with van der Waals surface area (Å²) in [5.74, 6) is 0.185. The second kappa shape index (κ2) is 10.8. The maximum atomic E-state index is 13.1. The van der Waals surface area contributed by atoms with E-state index in [1.54, 1.807) is 12.4 Å². The van der Waals surface area contributed by atoms with E-state index in [-0.39, 0.29) is 12.5 Å². The van der Waals surface area contributed by atoms with Crippen molar-refractivity contribution >= 4 is 29.8 Å². The molecule has 7 heteroatoms. The monoisotopic (exact) mass is 403 g/mol. The molecule has 0 bridgehead atoms. The van der Waals surface area contributed by atoms with Crippen LogP contribution in [0.1, 0.15) is 20.3 Å². The van der Waals surface area contributed by atoms with E-state index in [1.165, 1.54) is 0 Å². The van der Waals surface area contributed by atoms with Crippen LogP contribution in [-0.2, 0) is 9.53 Å². The van der Waals surface area contributed by atoms with Gasteiger partial charge in [0.1, 0.15) is 5.76 Å². The number of amides is 1.